The van der Waals surface area contributed by atoms with E-state index in [9.17, 15) is 0 Å². The molecule has 1 saturated carbocycles. The summed E-state index contributed by atoms with van der Waals surface area (Å²) in [6, 6.07) is 0. The summed E-state index contributed by atoms with van der Waals surface area (Å²) >= 11 is 10.2. The van der Waals surface area contributed by atoms with Crippen LogP contribution in [-0.2, 0) is 0 Å². The van der Waals surface area contributed by atoms with Crippen LogP contribution in [0.25, 0.3) is 0 Å². The summed E-state index contributed by atoms with van der Waals surface area (Å²) in [7, 11) is 0. The van der Waals surface area contributed by atoms with E-state index < -0.39 is 0 Å². The standard InChI is InChI=1S/C6H12.C5H10S4/c1-2-4-6-5-3-1;6-4-9-5-7-2-1-3-8-5/h1-6H2;5-6H,1-4H2. The van der Waals surface area contributed by atoms with Crippen molar-refractivity contribution in [1.82, 2.24) is 0 Å². The number of thioether (sulfide) groups is 3. The normalized spacial score (nSPS) is 23.0. The van der Waals surface area contributed by atoms with Gasteiger partial charge in [0.25, 0.3) is 0 Å². The topological polar surface area (TPSA) is 0 Å². The zero-order valence-electron chi connectivity index (χ0n) is 9.32. The van der Waals surface area contributed by atoms with Crippen molar-refractivity contribution in [3.63, 3.8) is 0 Å². The second-order valence-electron chi connectivity index (χ2n) is 3.80. The molecule has 2 rings (SSSR count). The van der Waals surface area contributed by atoms with Crippen molar-refractivity contribution < 1.29 is 0 Å². The van der Waals surface area contributed by atoms with Gasteiger partial charge in [0.2, 0.25) is 0 Å². The Balaban J connectivity index is 0.000000162. The lowest BCUT2D eigenvalue weighted by molar-refractivity contribution is 0.504. The molecule has 1 heterocycles. The molecule has 15 heavy (non-hydrogen) atoms. The van der Waals surface area contributed by atoms with Gasteiger partial charge in [-0.05, 0) is 17.9 Å². The van der Waals surface area contributed by atoms with E-state index in [1.54, 1.807) is 0 Å². The average Bonchev–Trinajstić information content (AvgIpc) is 2.34. The summed E-state index contributed by atoms with van der Waals surface area (Å²) in [5.41, 5.74) is 0. The lowest BCUT2D eigenvalue weighted by Crippen LogP contribution is -2.01. The molecular formula is C11H22S4. The van der Waals surface area contributed by atoms with Gasteiger partial charge in [-0.25, -0.2) is 0 Å². The third-order valence-electron chi connectivity index (χ3n) is 2.51. The largest absolute Gasteiger partial charge is 0.168 e. The van der Waals surface area contributed by atoms with E-state index in [-0.39, 0.29) is 0 Å². The summed E-state index contributed by atoms with van der Waals surface area (Å²) in [6.07, 6.45) is 10.4. The second-order valence-corrected chi connectivity index (χ2v) is 8.96. The van der Waals surface area contributed by atoms with Gasteiger partial charge in [0.1, 0.15) is 0 Å². The van der Waals surface area contributed by atoms with Gasteiger partial charge in [-0.3, -0.25) is 0 Å². The Morgan fingerprint density at radius 3 is 1.73 bits per heavy atom. The molecule has 2 fully saturated rings. The molecule has 0 radical (unpaired) electrons. The highest BCUT2D eigenvalue weighted by atomic mass is 32.3. The number of hydrogen-bond acceptors (Lipinski definition) is 4. The van der Waals surface area contributed by atoms with Gasteiger partial charge in [0.05, 0.1) is 3.91 Å². The molecule has 0 bridgehead atoms. The summed E-state index contributed by atoms with van der Waals surface area (Å²) in [6.45, 7) is 0. The van der Waals surface area contributed by atoms with Crippen molar-refractivity contribution in [3.8, 4) is 0 Å². The van der Waals surface area contributed by atoms with Crippen LogP contribution >= 0.6 is 47.9 Å². The van der Waals surface area contributed by atoms with Crippen LogP contribution in [0.15, 0.2) is 0 Å². The van der Waals surface area contributed by atoms with E-state index in [1.165, 1.54) is 56.5 Å². The smallest absolute Gasteiger partial charge is 0.0964 e. The quantitative estimate of drug-likeness (QED) is 0.553. The molecule has 0 aromatic rings. The molecule has 4 heteroatoms. The Bertz CT molecular complexity index is 116. The van der Waals surface area contributed by atoms with Gasteiger partial charge < -0.3 is 0 Å². The van der Waals surface area contributed by atoms with Gasteiger partial charge in [-0.2, -0.15) is 12.6 Å². The highest BCUT2D eigenvalue weighted by molar-refractivity contribution is 8.34. The van der Waals surface area contributed by atoms with E-state index in [2.05, 4.69) is 36.2 Å². The zero-order valence-corrected chi connectivity index (χ0v) is 12.7. The van der Waals surface area contributed by atoms with Crippen molar-refractivity contribution in [3.05, 3.63) is 0 Å². The Labute approximate surface area is 113 Å². The Hall–Kier alpha value is 1.40. The maximum Gasteiger partial charge on any atom is 0.0964 e. The van der Waals surface area contributed by atoms with E-state index >= 15 is 0 Å². The van der Waals surface area contributed by atoms with E-state index in [1.807, 2.05) is 11.8 Å². The molecule has 0 amide bonds. The molecule has 90 valence electrons. The molecule has 2 aliphatic rings. The molecule has 0 aromatic carbocycles. The average molecular weight is 283 g/mol. The number of hydrogen-bond donors (Lipinski definition) is 1. The fraction of sp³-hybridized carbons (Fsp3) is 1.00. The molecule has 0 aromatic heterocycles. The summed E-state index contributed by atoms with van der Waals surface area (Å²) in [5.74, 6) is 2.69. The van der Waals surface area contributed by atoms with Gasteiger partial charge >= 0.3 is 0 Å². The van der Waals surface area contributed by atoms with Gasteiger partial charge in [-0.1, -0.05) is 38.5 Å². The van der Waals surface area contributed by atoms with E-state index in [4.69, 9.17) is 0 Å². The van der Waals surface area contributed by atoms with Crippen LogP contribution in [0.1, 0.15) is 44.9 Å². The first-order valence-corrected chi connectivity index (χ1v) is 9.67. The minimum Gasteiger partial charge on any atom is -0.168 e. The monoisotopic (exact) mass is 282 g/mol. The maximum absolute atomic E-state index is 4.17. The fourth-order valence-corrected chi connectivity index (χ4v) is 6.77. The summed E-state index contributed by atoms with van der Waals surface area (Å²) < 4.78 is 0.774. The lowest BCUT2D eigenvalue weighted by atomic mass is 10.0. The minimum atomic E-state index is 0.774. The Kier molecular flexibility index (Phi) is 10.2. The predicted octanol–water partition coefficient (Wildman–Crippen LogP) is 5.10. The van der Waals surface area contributed by atoms with Crippen LogP contribution in [0.4, 0.5) is 0 Å². The predicted molar refractivity (Wildman–Crippen MR) is 82.5 cm³/mol. The van der Waals surface area contributed by atoms with Crippen molar-refractivity contribution in [1.29, 1.82) is 0 Å². The van der Waals surface area contributed by atoms with Crippen LogP contribution in [0, 0.1) is 0 Å². The van der Waals surface area contributed by atoms with Crippen molar-refractivity contribution in [2.45, 2.75) is 48.9 Å². The van der Waals surface area contributed by atoms with Crippen LogP contribution in [0.5, 0.6) is 0 Å². The maximum atomic E-state index is 4.17. The summed E-state index contributed by atoms with van der Waals surface area (Å²) in [4.78, 5) is 0. The molecule has 1 aliphatic carbocycles. The second kappa shape index (κ2) is 10.5. The summed E-state index contributed by atoms with van der Waals surface area (Å²) in [5, 5.41) is 0.963. The fourth-order valence-electron chi connectivity index (χ4n) is 1.68. The van der Waals surface area contributed by atoms with Gasteiger partial charge in [0, 0.05) is 5.08 Å². The Morgan fingerprint density at radius 1 is 0.867 bits per heavy atom. The van der Waals surface area contributed by atoms with Crippen molar-refractivity contribution in [2.75, 3.05) is 16.6 Å². The molecule has 0 N–H and O–H groups in total. The molecule has 1 aliphatic heterocycles. The molecule has 0 atom stereocenters. The molecule has 0 unspecified atom stereocenters. The van der Waals surface area contributed by atoms with Crippen molar-refractivity contribution in [2.24, 2.45) is 0 Å². The van der Waals surface area contributed by atoms with Gasteiger partial charge in [-0.15, -0.1) is 35.3 Å². The minimum absolute atomic E-state index is 0.774. The van der Waals surface area contributed by atoms with Gasteiger partial charge in [0.15, 0.2) is 0 Å². The first kappa shape index (κ1) is 14.5. The molecule has 0 spiro atoms. The zero-order chi connectivity index (χ0) is 10.8. The Morgan fingerprint density at radius 2 is 1.33 bits per heavy atom. The van der Waals surface area contributed by atoms with Crippen LogP contribution in [-0.4, -0.2) is 20.5 Å². The molecular weight excluding hydrogens is 260 g/mol. The van der Waals surface area contributed by atoms with Crippen LogP contribution in [0.3, 0.4) is 0 Å². The number of thiol groups is 1. The molecule has 0 nitrogen and oxygen atoms in total. The highest BCUT2D eigenvalue weighted by Gasteiger charge is 2.12. The van der Waals surface area contributed by atoms with Crippen LogP contribution in [0.2, 0.25) is 0 Å². The highest BCUT2D eigenvalue weighted by Crippen LogP contribution is 2.38. The number of rotatable bonds is 2. The SMILES string of the molecule is C1CCCCC1.SCSC1SCCCS1. The van der Waals surface area contributed by atoms with Crippen LogP contribution < -0.4 is 0 Å². The third kappa shape index (κ3) is 8.17. The third-order valence-corrected chi connectivity index (χ3v) is 7.42. The first-order chi connectivity index (χ1) is 7.43. The lowest BCUT2D eigenvalue weighted by Gasteiger charge is -2.18. The van der Waals surface area contributed by atoms with E-state index in [0.717, 1.165) is 9.00 Å². The van der Waals surface area contributed by atoms with E-state index in [0.29, 0.717) is 0 Å². The van der Waals surface area contributed by atoms with Crippen molar-refractivity contribution >= 4 is 47.9 Å². The first-order valence-electron chi connectivity index (χ1n) is 5.89. The molecule has 1 saturated heterocycles.